The van der Waals surface area contributed by atoms with Crippen molar-refractivity contribution in [3.8, 4) is 0 Å². The third-order valence-electron chi connectivity index (χ3n) is 4.91. The Hall–Kier alpha value is -2.08. The fourth-order valence-electron chi connectivity index (χ4n) is 3.56. The predicted molar refractivity (Wildman–Crippen MR) is 116 cm³/mol. The Balaban J connectivity index is 1.61. The van der Waals surface area contributed by atoms with E-state index in [-0.39, 0.29) is 11.8 Å². The number of nitrogens with one attached hydrogen (secondary N) is 1. The Morgan fingerprint density at radius 3 is 2.31 bits per heavy atom. The van der Waals surface area contributed by atoms with Crippen LogP contribution in [0.15, 0.2) is 42.5 Å². The molecule has 2 amide bonds. The molecule has 0 aliphatic carbocycles. The second kappa shape index (κ2) is 9.61. The standard InChI is InChI=1S/C22H25Cl2N3O2/c1-26(2)14-16-7-5-15(6-8-16)13-25-21(28)20-4-3-9-27(20)22(29)17-10-18(23)12-19(24)11-17/h5-8,10-12,20H,3-4,9,13-14H2,1-2H3,(H,25,28)/t20-/m1/s1. The average Bonchev–Trinajstić information content (AvgIpc) is 3.15. The van der Waals surface area contributed by atoms with Crippen LogP contribution in [0.1, 0.15) is 34.3 Å². The molecule has 1 aliphatic rings. The van der Waals surface area contributed by atoms with Crippen LogP contribution in [0.4, 0.5) is 0 Å². The van der Waals surface area contributed by atoms with Crippen LogP contribution in [-0.4, -0.2) is 48.3 Å². The van der Waals surface area contributed by atoms with Crippen LogP contribution in [0.5, 0.6) is 0 Å². The highest BCUT2D eigenvalue weighted by atomic mass is 35.5. The number of benzene rings is 2. The van der Waals surface area contributed by atoms with E-state index in [1.807, 2.05) is 26.2 Å². The van der Waals surface area contributed by atoms with Crippen molar-refractivity contribution in [2.75, 3.05) is 20.6 Å². The molecule has 154 valence electrons. The molecule has 2 aromatic rings. The van der Waals surface area contributed by atoms with Crippen LogP contribution in [0.3, 0.4) is 0 Å². The summed E-state index contributed by atoms with van der Waals surface area (Å²) in [5, 5.41) is 3.77. The Labute approximate surface area is 181 Å². The molecule has 29 heavy (non-hydrogen) atoms. The molecule has 1 fully saturated rings. The topological polar surface area (TPSA) is 52.7 Å². The van der Waals surface area contributed by atoms with Gasteiger partial charge in [0.2, 0.25) is 5.91 Å². The SMILES string of the molecule is CN(C)Cc1ccc(CNC(=O)[C@H]2CCCN2C(=O)c2cc(Cl)cc(Cl)c2)cc1. The zero-order chi connectivity index (χ0) is 21.0. The third kappa shape index (κ3) is 5.72. The second-order valence-corrected chi connectivity index (χ2v) is 8.46. The van der Waals surface area contributed by atoms with E-state index in [2.05, 4.69) is 22.3 Å². The molecule has 2 aromatic carbocycles. The fraction of sp³-hybridized carbons (Fsp3) is 0.364. The van der Waals surface area contributed by atoms with Crippen LogP contribution in [0.2, 0.25) is 10.0 Å². The van der Waals surface area contributed by atoms with Gasteiger partial charge in [0.25, 0.3) is 5.91 Å². The first-order valence-electron chi connectivity index (χ1n) is 9.61. The Bertz CT molecular complexity index is 864. The maximum atomic E-state index is 12.9. The lowest BCUT2D eigenvalue weighted by Crippen LogP contribution is -2.45. The minimum absolute atomic E-state index is 0.138. The van der Waals surface area contributed by atoms with Crippen LogP contribution < -0.4 is 5.32 Å². The Morgan fingerprint density at radius 2 is 1.69 bits per heavy atom. The van der Waals surface area contributed by atoms with Gasteiger partial charge in [-0.1, -0.05) is 47.5 Å². The number of nitrogens with zero attached hydrogens (tertiary/aromatic N) is 2. The van der Waals surface area contributed by atoms with Gasteiger partial charge in [-0.3, -0.25) is 9.59 Å². The van der Waals surface area contributed by atoms with E-state index in [1.165, 1.54) is 5.56 Å². The van der Waals surface area contributed by atoms with E-state index < -0.39 is 6.04 Å². The first-order chi connectivity index (χ1) is 13.8. The molecule has 0 radical (unpaired) electrons. The lowest BCUT2D eigenvalue weighted by Gasteiger charge is -2.24. The minimum atomic E-state index is -0.478. The monoisotopic (exact) mass is 433 g/mol. The largest absolute Gasteiger partial charge is 0.350 e. The summed E-state index contributed by atoms with van der Waals surface area (Å²) in [7, 11) is 4.06. The number of hydrogen-bond donors (Lipinski definition) is 1. The lowest BCUT2D eigenvalue weighted by molar-refractivity contribution is -0.125. The molecular weight excluding hydrogens is 409 g/mol. The first kappa shape index (κ1) is 21.6. The van der Waals surface area contributed by atoms with Crippen molar-refractivity contribution in [1.82, 2.24) is 15.1 Å². The van der Waals surface area contributed by atoms with Gasteiger partial charge in [-0.15, -0.1) is 0 Å². The van der Waals surface area contributed by atoms with Gasteiger partial charge in [-0.05, 0) is 56.3 Å². The van der Waals surface area contributed by atoms with Gasteiger partial charge in [0.05, 0.1) is 0 Å². The third-order valence-corrected chi connectivity index (χ3v) is 5.35. The quantitative estimate of drug-likeness (QED) is 0.749. The summed E-state index contributed by atoms with van der Waals surface area (Å²) >= 11 is 12.0. The summed E-state index contributed by atoms with van der Waals surface area (Å²) in [6, 6.07) is 12.4. The highest BCUT2D eigenvalue weighted by molar-refractivity contribution is 6.35. The highest BCUT2D eigenvalue weighted by Crippen LogP contribution is 2.24. The number of rotatable bonds is 6. The number of carbonyl (C=O) groups is 2. The molecule has 1 saturated heterocycles. The normalized spacial score (nSPS) is 16.3. The van der Waals surface area contributed by atoms with Crippen molar-refractivity contribution >= 4 is 35.0 Å². The van der Waals surface area contributed by atoms with Crippen molar-refractivity contribution in [3.63, 3.8) is 0 Å². The summed E-state index contributed by atoms with van der Waals surface area (Å²) in [6.45, 7) is 1.85. The fourth-order valence-corrected chi connectivity index (χ4v) is 4.09. The van der Waals surface area contributed by atoms with Gasteiger partial charge in [0, 0.05) is 35.2 Å². The molecule has 0 spiro atoms. The van der Waals surface area contributed by atoms with E-state index in [4.69, 9.17) is 23.2 Å². The molecular formula is C22H25Cl2N3O2. The molecule has 1 heterocycles. The van der Waals surface area contributed by atoms with Gasteiger partial charge >= 0.3 is 0 Å². The van der Waals surface area contributed by atoms with Crippen molar-refractivity contribution in [2.24, 2.45) is 0 Å². The number of amides is 2. The van der Waals surface area contributed by atoms with Crippen molar-refractivity contribution in [3.05, 3.63) is 69.2 Å². The van der Waals surface area contributed by atoms with Gasteiger partial charge in [0.1, 0.15) is 6.04 Å². The number of hydrogen-bond acceptors (Lipinski definition) is 3. The number of halogens is 2. The predicted octanol–water partition coefficient (Wildman–Crippen LogP) is 3.98. The summed E-state index contributed by atoms with van der Waals surface area (Å²) in [6.07, 6.45) is 1.44. The molecule has 5 nitrogen and oxygen atoms in total. The van der Waals surface area contributed by atoms with Crippen molar-refractivity contribution in [2.45, 2.75) is 32.0 Å². The summed E-state index contributed by atoms with van der Waals surface area (Å²) < 4.78 is 0. The molecule has 1 aliphatic heterocycles. The Morgan fingerprint density at radius 1 is 1.07 bits per heavy atom. The maximum Gasteiger partial charge on any atom is 0.254 e. The molecule has 0 aromatic heterocycles. The van der Waals surface area contributed by atoms with E-state index in [9.17, 15) is 9.59 Å². The molecule has 1 atom stereocenters. The van der Waals surface area contributed by atoms with Crippen LogP contribution in [0, 0.1) is 0 Å². The number of carbonyl (C=O) groups excluding carboxylic acids is 2. The first-order valence-corrected chi connectivity index (χ1v) is 10.4. The van der Waals surface area contributed by atoms with Gasteiger partial charge < -0.3 is 15.1 Å². The minimum Gasteiger partial charge on any atom is -0.350 e. The van der Waals surface area contributed by atoms with Crippen molar-refractivity contribution < 1.29 is 9.59 Å². The zero-order valence-corrected chi connectivity index (χ0v) is 18.1. The van der Waals surface area contributed by atoms with Crippen molar-refractivity contribution in [1.29, 1.82) is 0 Å². The van der Waals surface area contributed by atoms with Crippen LogP contribution in [-0.2, 0) is 17.9 Å². The van der Waals surface area contributed by atoms with E-state index in [0.717, 1.165) is 18.5 Å². The average molecular weight is 434 g/mol. The summed E-state index contributed by atoms with van der Waals surface area (Å²) in [4.78, 5) is 29.4. The van der Waals surface area contributed by atoms with Gasteiger partial charge in [-0.25, -0.2) is 0 Å². The second-order valence-electron chi connectivity index (χ2n) is 7.59. The summed E-state index contributed by atoms with van der Waals surface area (Å²) in [5.74, 6) is -0.360. The van der Waals surface area contributed by atoms with Gasteiger partial charge in [0.15, 0.2) is 0 Å². The lowest BCUT2D eigenvalue weighted by atomic mass is 10.1. The molecule has 0 bridgehead atoms. The molecule has 3 rings (SSSR count). The highest BCUT2D eigenvalue weighted by Gasteiger charge is 2.34. The van der Waals surface area contributed by atoms with E-state index in [1.54, 1.807) is 23.1 Å². The van der Waals surface area contributed by atoms with E-state index >= 15 is 0 Å². The molecule has 7 heteroatoms. The molecule has 0 unspecified atom stereocenters. The maximum absolute atomic E-state index is 12.9. The summed E-state index contributed by atoms with van der Waals surface area (Å²) in [5.41, 5.74) is 2.65. The van der Waals surface area contributed by atoms with Crippen LogP contribution in [0.25, 0.3) is 0 Å². The molecule has 0 saturated carbocycles. The Kier molecular flexibility index (Phi) is 7.17. The number of likely N-dealkylation sites (tertiary alicyclic amines) is 1. The molecule has 1 N–H and O–H groups in total. The van der Waals surface area contributed by atoms with Crippen LogP contribution >= 0.6 is 23.2 Å². The smallest absolute Gasteiger partial charge is 0.254 e. The van der Waals surface area contributed by atoms with E-state index in [0.29, 0.717) is 35.1 Å². The van der Waals surface area contributed by atoms with Gasteiger partial charge in [-0.2, -0.15) is 0 Å². The zero-order valence-electron chi connectivity index (χ0n) is 16.6.